The Bertz CT molecular complexity index is 2310. The van der Waals surface area contributed by atoms with Crippen LogP contribution in [-0.2, 0) is 0 Å². The minimum absolute atomic E-state index is 0.626. The topological polar surface area (TPSA) is 55.1 Å². The highest BCUT2D eigenvalue weighted by molar-refractivity contribution is 6.10. The average molecular weight is 591 g/mol. The van der Waals surface area contributed by atoms with E-state index in [4.69, 9.17) is 19.4 Å². The summed E-state index contributed by atoms with van der Waals surface area (Å²) in [6.45, 7) is 0. The maximum atomic E-state index is 6.56. The lowest BCUT2D eigenvalue weighted by Crippen LogP contribution is -2.10. The van der Waals surface area contributed by atoms with Crippen molar-refractivity contribution in [2.24, 2.45) is 0 Å². The molecule has 216 valence electrons. The fourth-order valence-electron chi connectivity index (χ4n) is 6.35. The van der Waals surface area contributed by atoms with Crippen LogP contribution in [0.15, 0.2) is 162 Å². The predicted molar refractivity (Wildman–Crippen MR) is 185 cm³/mol. The third-order valence-corrected chi connectivity index (χ3v) is 8.48. The summed E-state index contributed by atoms with van der Waals surface area (Å²) in [5.41, 5.74) is 10.1. The molecule has 5 heteroatoms. The van der Waals surface area contributed by atoms with E-state index >= 15 is 0 Å². The highest BCUT2D eigenvalue weighted by atomic mass is 16.3. The third kappa shape index (κ3) is 4.29. The molecule has 0 fully saturated rings. The van der Waals surface area contributed by atoms with Gasteiger partial charge in [0.05, 0.1) is 11.4 Å². The minimum atomic E-state index is 0.626. The lowest BCUT2D eigenvalue weighted by molar-refractivity contribution is 0.633. The lowest BCUT2D eigenvalue weighted by Gasteiger charge is -2.27. The van der Waals surface area contributed by atoms with Crippen LogP contribution in [0.3, 0.4) is 0 Å². The van der Waals surface area contributed by atoms with Crippen molar-refractivity contribution in [3.63, 3.8) is 0 Å². The first-order valence-corrected chi connectivity index (χ1v) is 15.3. The second kappa shape index (κ2) is 10.7. The van der Waals surface area contributed by atoms with Crippen LogP contribution in [0.25, 0.3) is 67.6 Å². The zero-order valence-electron chi connectivity index (χ0n) is 24.7. The second-order valence-corrected chi connectivity index (χ2v) is 11.3. The van der Waals surface area contributed by atoms with Crippen molar-refractivity contribution in [3.8, 4) is 56.6 Å². The van der Waals surface area contributed by atoms with Gasteiger partial charge in [-0.3, -0.25) is 0 Å². The normalized spacial score (nSPS) is 11.9. The van der Waals surface area contributed by atoms with E-state index in [9.17, 15) is 0 Å². The molecule has 0 spiro atoms. The molecule has 6 aromatic carbocycles. The first kappa shape index (κ1) is 26.1. The van der Waals surface area contributed by atoms with Crippen molar-refractivity contribution in [3.05, 3.63) is 158 Å². The molecule has 5 nitrogen and oxygen atoms in total. The molecule has 0 aliphatic carbocycles. The molecule has 0 bridgehead atoms. The number of furan rings is 1. The maximum Gasteiger partial charge on any atom is 0.164 e. The van der Waals surface area contributed by atoms with Crippen LogP contribution in [0.1, 0.15) is 0 Å². The summed E-state index contributed by atoms with van der Waals surface area (Å²) < 4.78 is 6.56. The van der Waals surface area contributed by atoms with Crippen LogP contribution in [-0.4, -0.2) is 15.0 Å². The molecule has 2 aromatic heterocycles. The number of hydrogen-bond donors (Lipinski definition) is 0. The van der Waals surface area contributed by atoms with Crippen molar-refractivity contribution in [2.45, 2.75) is 0 Å². The minimum Gasteiger partial charge on any atom is -0.455 e. The number of hydrogen-bond acceptors (Lipinski definition) is 5. The highest BCUT2D eigenvalue weighted by Crippen LogP contribution is 2.53. The molecule has 0 N–H and O–H groups in total. The van der Waals surface area contributed by atoms with Crippen LogP contribution in [0, 0.1) is 0 Å². The van der Waals surface area contributed by atoms with Gasteiger partial charge < -0.3 is 9.32 Å². The molecule has 8 aromatic rings. The smallest absolute Gasteiger partial charge is 0.164 e. The van der Waals surface area contributed by atoms with Crippen LogP contribution < -0.4 is 4.90 Å². The molecule has 0 unspecified atom stereocenters. The molecule has 1 aliphatic heterocycles. The number of para-hydroxylation sites is 3. The Morgan fingerprint density at radius 1 is 0.413 bits per heavy atom. The van der Waals surface area contributed by atoms with E-state index in [1.165, 1.54) is 0 Å². The van der Waals surface area contributed by atoms with Crippen molar-refractivity contribution in [1.29, 1.82) is 0 Å². The van der Waals surface area contributed by atoms with Crippen molar-refractivity contribution >= 4 is 28.0 Å². The quantitative estimate of drug-likeness (QED) is 0.204. The van der Waals surface area contributed by atoms with Gasteiger partial charge in [-0.15, -0.1) is 0 Å². The number of benzene rings is 6. The molecular formula is C41H26N4O. The molecule has 1 aliphatic rings. The molecule has 0 amide bonds. The maximum absolute atomic E-state index is 6.56. The van der Waals surface area contributed by atoms with Crippen LogP contribution in [0.4, 0.5) is 17.1 Å². The Balaban J connectivity index is 1.19. The summed E-state index contributed by atoms with van der Waals surface area (Å²) >= 11 is 0. The van der Waals surface area contributed by atoms with Gasteiger partial charge in [-0.05, 0) is 48.5 Å². The van der Waals surface area contributed by atoms with Crippen LogP contribution in [0.2, 0.25) is 0 Å². The standard InChI is InChI=1S/C41H26N4O/c1-3-13-27(14-4-1)39-42-40(28-15-5-2-6-16-28)44-41(43-39)29-23-25-30(26-24-29)45-34-20-10-7-17-31(34)37-33-19-9-12-22-36(33)46-38(37)32-18-8-11-21-35(32)45/h1-26H. The van der Waals surface area contributed by atoms with Gasteiger partial charge in [0.2, 0.25) is 0 Å². The zero-order chi connectivity index (χ0) is 30.5. The molecule has 3 heterocycles. The number of anilines is 3. The number of nitrogens with zero attached hydrogens (tertiary/aromatic N) is 4. The van der Waals surface area contributed by atoms with Crippen LogP contribution in [0.5, 0.6) is 0 Å². The van der Waals surface area contributed by atoms with Gasteiger partial charge in [0.1, 0.15) is 11.3 Å². The largest absolute Gasteiger partial charge is 0.455 e. The molecule has 0 radical (unpaired) electrons. The van der Waals surface area contributed by atoms with Crippen molar-refractivity contribution in [1.82, 2.24) is 15.0 Å². The van der Waals surface area contributed by atoms with E-state index in [-0.39, 0.29) is 0 Å². The SMILES string of the molecule is c1ccc(-c2nc(-c3ccccc3)nc(-c3ccc(N4c5ccccc5-c5oc6ccccc6c5-c5ccccc54)cc3)n2)cc1. The van der Waals surface area contributed by atoms with Gasteiger partial charge in [-0.25, -0.2) is 15.0 Å². The average Bonchev–Trinajstić information content (AvgIpc) is 3.47. The Hall–Kier alpha value is -6.33. The summed E-state index contributed by atoms with van der Waals surface area (Å²) in [5.74, 6) is 2.80. The van der Waals surface area contributed by atoms with Crippen LogP contribution >= 0.6 is 0 Å². The molecule has 0 saturated carbocycles. The van der Waals surface area contributed by atoms with Gasteiger partial charge in [-0.2, -0.15) is 0 Å². The molecule has 0 saturated heterocycles. The van der Waals surface area contributed by atoms with Gasteiger partial charge in [0, 0.05) is 44.5 Å². The van der Waals surface area contributed by atoms with Crippen molar-refractivity contribution in [2.75, 3.05) is 4.90 Å². The van der Waals surface area contributed by atoms with E-state index in [0.717, 1.165) is 67.2 Å². The number of aromatic nitrogens is 3. The summed E-state index contributed by atoms with van der Waals surface area (Å²) in [7, 11) is 0. The Kier molecular flexibility index (Phi) is 6.06. The summed E-state index contributed by atoms with van der Waals surface area (Å²) in [6, 6.07) is 53.9. The summed E-state index contributed by atoms with van der Waals surface area (Å²) in [6.07, 6.45) is 0. The first-order chi connectivity index (χ1) is 22.8. The Labute approximate surface area is 266 Å². The molecular weight excluding hydrogens is 564 g/mol. The fraction of sp³-hybridized carbons (Fsp3) is 0. The lowest BCUT2D eigenvalue weighted by atomic mass is 9.98. The zero-order valence-corrected chi connectivity index (χ0v) is 24.7. The fourth-order valence-corrected chi connectivity index (χ4v) is 6.35. The van der Waals surface area contributed by atoms with Gasteiger partial charge in [0.25, 0.3) is 0 Å². The highest BCUT2D eigenvalue weighted by Gasteiger charge is 2.30. The Morgan fingerprint density at radius 3 is 1.52 bits per heavy atom. The summed E-state index contributed by atoms with van der Waals surface area (Å²) in [5, 5.41) is 1.11. The number of fused-ring (bicyclic) bond motifs is 7. The van der Waals surface area contributed by atoms with Crippen molar-refractivity contribution < 1.29 is 4.42 Å². The van der Waals surface area contributed by atoms with E-state index in [1.807, 2.05) is 72.8 Å². The second-order valence-electron chi connectivity index (χ2n) is 11.3. The van der Waals surface area contributed by atoms with Gasteiger partial charge >= 0.3 is 0 Å². The van der Waals surface area contributed by atoms with E-state index < -0.39 is 0 Å². The van der Waals surface area contributed by atoms with E-state index in [1.54, 1.807) is 0 Å². The molecule has 9 rings (SSSR count). The van der Waals surface area contributed by atoms with Gasteiger partial charge in [0.15, 0.2) is 17.5 Å². The van der Waals surface area contributed by atoms with E-state index in [2.05, 4.69) is 89.8 Å². The van der Waals surface area contributed by atoms with Gasteiger partial charge in [-0.1, -0.05) is 109 Å². The predicted octanol–water partition coefficient (Wildman–Crippen LogP) is 10.7. The Morgan fingerprint density at radius 2 is 0.891 bits per heavy atom. The molecule has 0 atom stereocenters. The monoisotopic (exact) mass is 590 g/mol. The first-order valence-electron chi connectivity index (χ1n) is 15.3. The number of rotatable bonds is 4. The van der Waals surface area contributed by atoms with E-state index in [0.29, 0.717) is 17.5 Å². The molecule has 46 heavy (non-hydrogen) atoms. The summed E-state index contributed by atoms with van der Waals surface area (Å²) in [4.78, 5) is 17.0. The third-order valence-electron chi connectivity index (χ3n) is 8.48.